The predicted molar refractivity (Wildman–Crippen MR) is 87.6 cm³/mol. The zero-order chi connectivity index (χ0) is 15.6. The Kier molecular flexibility index (Phi) is 4.53. The molecule has 0 aliphatic rings. The van der Waals surface area contributed by atoms with E-state index in [9.17, 15) is 4.79 Å². The van der Waals surface area contributed by atoms with Gasteiger partial charge < -0.3 is 10.6 Å². The van der Waals surface area contributed by atoms with E-state index in [1.807, 2.05) is 44.2 Å². The molecule has 0 heterocycles. The van der Waals surface area contributed by atoms with Gasteiger partial charge in [-0.2, -0.15) is 0 Å². The third-order valence-electron chi connectivity index (χ3n) is 3.52. The van der Waals surface area contributed by atoms with Crippen LogP contribution in [-0.2, 0) is 6.54 Å². The van der Waals surface area contributed by atoms with Gasteiger partial charge in [-0.1, -0.05) is 29.8 Å². The van der Waals surface area contributed by atoms with Crippen LogP contribution in [0.25, 0.3) is 0 Å². The number of hydrogen-bond donors (Lipinski definition) is 1. The number of nitrogen functional groups attached to an aromatic ring is 1. The van der Waals surface area contributed by atoms with Crippen LogP contribution in [0.15, 0.2) is 36.4 Å². The SMILES string of the molecule is Cc1cc(C)c(C(=O)N(C)Cc2ccc(Cl)cc2)cc1N. The molecule has 2 rings (SSSR count). The van der Waals surface area contributed by atoms with E-state index in [0.717, 1.165) is 16.7 Å². The molecule has 0 bridgehead atoms. The maximum Gasteiger partial charge on any atom is 0.254 e. The summed E-state index contributed by atoms with van der Waals surface area (Å²) in [6, 6.07) is 11.2. The summed E-state index contributed by atoms with van der Waals surface area (Å²) in [4.78, 5) is 14.2. The molecule has 2 aromatic rings. The number of nitrogens with two attached hydrogens (primary N) is 1. The van der Waals surface area contributed by atoms with Crippen LogP contribution in [0.1, 0.15) is 27.0 Å². The van der Waals surface area contributed by atoms with Gasteiger partial charge in [0.15, 0.2) is 0 Å². The smallest absolute Gasteiger partial charge is 0.254 e. The van der Waals surface area contributed by atoms with E-state index in [1.54, 1.807) is 18.0 Å². The summed E-state index contributed by atoms with van der Waals surface area (Å²) in [6.07, 6.45) is 0. The van der Waals surface area contributed by atoms with Gasteiger partial charge in [0.2, 0.25) is 0 Å². The predicted octanol–water partition coefficient (Wildman–Crippen LogP) is 3.81. The minimum Gasteiger partial charge on any atom is -0.398 e. The molecule has 0 radical (unpaired) electrons. The first-order chi connectivity index (χ1) is 9.88. The zero-order valence-electron chi connectivity index (χ0n) is 12.5. The number of halogens is 1. The highest BCUT2D eigenvalue weighted by molar-refractivity contribution is 6.30. The molecule has 0 unspecified atom stereocenters. The molecular weight excluding hydrogens is 284 g/mol. The number of aryl methyl sites for hydroxylation is 2. The van der Waals surface area contributed by atoms with Crippen LogP contribution in [0, 0.1) is 13.8 Å². The molecule has 0 saturated carbocycles. The Hall–Kier alpha value is -2.00. The van der Waals surface area contributed by atoms with Gasteiger partial charge in [-0.15, -0.1) is 0 Å². The highest BCUT2D eigenvalue weighted by Crippen LogP contribution is 2.20. The van der Waals surface area contributed by atoms with E-state index in [0.29, 0.717) is 22.8 Å². The third-order valence-corrected chi connectivity index (χ3v) is 3.78. The van der Waals surface area contributed by atoms with E-state index in [4.69, 9.17) is 17.3 Å². The lowest BCUT2D eigenvalue weighted by Gasteiger charge is -2.19. The summed E-state index contributed by atoms with van der Waals surface area (Å²) >= 11 is 5.87. The Labute approximate surface area is 130 Å². The number of nitrogens with zero attached hydrogens (tertiary/aromatic N) is 1. The van der Waals surface area contributed by atoms with Crippen molar-refractivity contribution in [2.24, 2.45) is 0 Å². The molecule has 3 nitrogen and oxygen atoms in total. The van der Waals surface area contributed by atoms with Crippen LogP contribution in [0.2, 0.25) is 5.02 Å². The van der Waals surface area contributed by atoms with Gasteiger partial charge in [0.1, 0.15) is 0 Å². The Balaban J connectivity index is 2.19. The van der Waals surface area contributed by atoms with Crippen molar-refractivity contribution in [1.29, 1.82) is 0 Å². The van der Waals surface area contributed by atoms with Crippen molar-refractivity contribution in [3.63, 3.8) is 0 Å². The van der Waals surface area contributed by atoms with Crippen LogP contribution in [-0.4, -0.2) is 17.9 Å². The van der Waals surface area contributed by atoms with Crippen molar-refractivity contribution in [3.05, 3.63) is 63.7 Å². The summed E-state index contributed by atoms with van der Waals surface area (Å²) in [5, 5.41) is 0.690. The van der Waals surface area contributed by atoms with Gasteiger partial charge in [0.05, 0.1) is 0 Å². The number of benzene rings is 2. The zero-order valence-corrected chi connectivity index (χ0v) is 13.2. The molecule has 0 fully saturated rings. The number of rotatable bonds is 3. The minimum atomic E-state index is -0.0332. The van der Waals surface area contributed by atoms with E-state index in [-0.39, 0.29) is 5.91 Å². The van der Waals surface area contributed by atoms with E-state index >= 15 is 0 Å². The summed E-state index contributed by atoms with van der Waals surface area (Å²) in [7, 11) is 1.78. The fourth-order valence-electron chi connectivity index (χ4n) is 2.24. The maximum atomic E-state index is 12.5. The highest BCUT2D eigenvalue weighted by Gasteiger charge is 2.15. The van der Waals surface area contributed by atoms with Gasteiger partial charge in [-0.05, 0) is 48.7 Å². The molecule has 0 aliphatic heterocycles. The van der Waals surface area contributed by atoms with Crippen LogP contribution in [0.3, 0.4) is 0 Å². The molecule has 21 heavy (non-hydrogen) atoms. The van der Waals surface area contributed by atoms with Gasteiger partial charge >= 0.3 is 0 Å². The number of carbonyl (C=O) groups excluding carboxylic acids is 1. The van der Waals surface area contributed by atoms with Crippen molar-refractivity contribution in [2.75, 3.05) is 12.8 Å². The quantitative estimate of drug-likeness (QED) is 0.876. The lowest BCUT2D eigenvalue weighted by atomic mass is 10.0. The van der Waals surface area contributed by atoms with Crippen molar-refractivity contribution in [3.8, 4) is 0 Å². The largest absolute Gasteiger partial charge is 0.398 e. The molecule has 1 amide bonds. The number of hydrogen-bond acceptors (Lipinski definition) is 2. The van der Waals surface area contributed by atoms with Gasteiger partial charge in [-0.3, -0.25) is 4.79 Å². The fourth-order valence-corrected chi connectivity index (χ4v) is 2.37. The van der Waals surface area contributed by atoms with Gasteiger partial charge in [0.25, 0.3) is 5.91 Å². The molecule has 0 saturated heterocycles. The van der Waals surface area contributed by atoms with E-state index in [2.05, 4.69) is 0 Å². The molecule has 0 aromatic heterocycles. The first kappa shape index (κ1) is 15.4. The minimum absolute atomic E-state index is 0.0332. The van der Waals surface area contributed by atoms with Gasteiger partial charge in [-0.25, -0.2) is 0 Å². The number of amides is 1. The van der Waals surface area contributed by atoms with E-state index in [1.165, 1.54) is 0 Å². The van der Waals surface area contributed by atoms with Crippen LogP contribution < -0.4 is 5.73 Å². The molecule has 0 atom stereocenters. The Bertz CT molecular complexity index is 665. The first-order valence-corrected chi connectivity index (χ1v) is 7.13. The lowest BCUT2D eigenvalue weighted by molar-refractivity contribution is 0.0784. The maximum absolute atomic E-state index is 12.5. The lowest BCUT2D eigenvalue weighted by Crippen LogP contribution is -2.27. The second-order valence-corrected chi connectivity index (χ2v) is 5.75. The van der Waals surface area contributed by atoms with Gasteiger partial charge in [0, 0.05) is 29.9 Å². The highest BCUT2D eigenvalue weighted by atomic mass is 35.5. The molecule has 0 spiro atoms. The topological polar surface area (TPSA) is 46.3 Å². The summed E-state index contributed by atoms with van der Waals surface area (Å²) < 4.78 is 0. The number of anilines is 1. The fraction of sp³-hybridized carbons (Fsp3) is 0.235. The Morgan fingerprint density at radius 2 is 1.76 bits per heavy atom. The average molecular weight is 303 g/mol. The van der Waals surface area contributed by atoms with Crippen molar-refractivity contribution in [1.82, 2.24) is 4.90 Å². The van der Waals surface area contributed by atoms with E-state index < -0.39 is 0 Å². The molecular formula is C17H19ClN2O. The second-order valence-electron chi connectivity index (χ2n) is 5.31. The first-order valence-electron chi connectivity index (χ1n) is 6.75. The molecule has 4 heteroatoms. The van der Waals surface area contributed by atoms with Crippen LogP contribution >= 0.6 is 11.6 Å². The molecule has 2 aromatic carbocycles. The van der Waals surface area contributed by atoms with Crippen LogP contribution in [0.5, 0.6) is 0 Å². The summed E-state index contributed by atoms with van der Waals surface area (Å²) in [5.74, 6) is -0.0332. The summed E-state index contributed by atoms with van der Waals surface area (Å²) in [5.41, 5.74) is 10.2. The average Bonchev–Trinajstić information content (AvgIpc) is 2.44. The Morgan fingerprint density at radius 3 is 2.38 bits per heavy atom. The molecule has 2 N–H and O–H groups in total. The normalized spacial score (nSPS) is 10.5. The Morgan fingerprint density at radius 1 is 1.14 bits per heavy atom. The standard InChI is InChI=1S/C17H19ClN2O/c1-11-8-12(2)16(19)9-15(11)17(21)20(3)10-13-4-6-14(18)7-5-13/h4-9H,10,19H2,1-3H3. The van der Waals surface area contributed by atoms with Crippen LogP contribution in [0.4, 0.5) is 5.69 Å². The van der Waals surface area contributed by atoms with Crippen molar-refractivity contribution < 1.29 is 4.79 Å². The van der Waals surface area contributed by atoms with Crippen molar-refractivity contribution >= 4 is 23.2 Å². The monoisotopic (exact) mass is 302 g/mol. The second kappa shape index (κ2) is 6.19. The number of carbonyl (C=O) groups is 1. The third kappa shape index (κ3) is 3.56. The summed E-state index contributed by atoms with van der Waals surface area (Å²) in [6.45, 7) is 4.40. The molecule has 0 aliphatic carbocycles. The molecule has 110 valence electrons. The van der Waals surface area contributed by atoms with Crippen molar-refractivity contribution in [2.45, 2.75) is 20.4 Å².